The molecule has 1 aliphatic rings. The second kappa shape index (κ2) is 7.76. The first-order valence-corrected chi connectivity index (χ1v) is 8.39. The first-order valence-electron chi connectivity index (χ1n) is 7.99. The molecule has 0 radical (unpaired) electrons. The quantitative estimate of drug-likeness (QED) is 0.813. The molecule has 1 heterocycles. The van der Waals surface area contributed by atoms with Crippen molar-refractivity contribution in [3.63, 3.8) is 0 Å². The molecule has 0 saturated carbocycles. The monoisotopic (exact) mass is 305 g/mol. The average molecular weight is 305 g/mol. The average Bonchev–Trinajstić information content (AvgIpc) is 2.93. The Hall–Kier alpha value is -1.13. The molecule has 1 atom stereocenters. The number of hydrogen-bond acceptors (Lipinski definition) is 2. The fourth-order valence-electron chi connectivity index (χ4n) is 2.88. The SMILES string of the molecule is CCN1CCC[C@@H]1CNC(=S)Nc1ccc(C(C)C)cc1. The van der Waals surface area contributed by atoms with Gasteiger partial charge < -0.3 is 10.6 Å². The van der Waals surface area contributed by atoms with Crippen LogP contribution in [0.25, 0.3) is 0 Å². The van der Waals surface area contributed by atoms with Gasteiger partial charge in [0.25, 0.3) is 0 Å². The van der Waals surface area contributed by atoms with Crippen LogP contribution in [-0.4, -0.2) is 35.7 Å². The summed E-state index contributed by atoms with van der Waals surface area (Å²) in [5.41, 5.74) is 2.40. The number of likely N-dealkylation sites (tertiary alicyclic amines) is 1. The first kappa shape index (κ1) is 16.2. The van der Waals surface area contributed by atoms with Gasteiger partial charge in [-0.25, -0.2) is 0 Å². The maximum atomic E-state index is 5.39. The van der Waals surface area contributed by atoms with Crippen molar-refractivity contribution >= 4 is 23.0 Å². The fraction of sp³-hybridized carbons (Fsp3) is 0.588. The van der Waals surface area contributed by atoms with E-state index in [-0.39, 0.29) is 0 Å². The van der Waals surface area contributed by atoms with Crippen LogP contribution in [0.2, 0.25) is 0 Å². The molecular weight excluding hydrogens is 278 g/mol. The van der Waals surface area contributed by atoms with Crippen molar-refractivity contribution in [2.75, 3.05) is 25.0 Å². The van der Waals surface area contributed by atoms with E-state index in [2.05, 4.69) is 60.6 Å². The Kier molecular flexibility index (Phi) is 6.00. The number of benzene rings is 1. The molecular formula is C17H27N3S. The second-order valence-corrected chi connectivity index (χ2v) is 6.44. The third-order valence-corrected chi connectivity index (χ3v) is 4.49. The molecule has 0 bridgehead atoms. The van der Waals surface area contributed by atoms with E-state index in [1.165, 1.54) is 24.9 Å². The normalized spacial score (nSPS) is 19.0. The molecule has 0 aliphatic carbocycles. The molecule has 0 amide bonds. The maximum absolute atomic E-state index is 5.39. The summed E-state index contributed by atoms with van der Waals surface area (Å²) in [6.45, 7) is 9.92. The summed E-state index contributed by atoms with van der Waals surface area (Å²) in [7, 11) is 0. The van der Waals surface area contributed by atoms with Crippen LogP contribution < -0.4 is 10.6 Å². The lowest BCUT2D eigenvalue weighted by atomic mass is 10.0. The van der Waals surface area contributed by atoms with Gasteiger partial charge in [-0.05, 0) is 61.8 Å². The number of rotatable bonds is 5. The van der Waals surface area contributed by atoms with Crippen LogP contribution in [0.1, 0.15) is 45.1 Å². The molecule has 0 aromatic heterocycles. The van der Waals surface area contributed by atoms with Gasteiger partial charge in [0.05, 0.1) is 0 Å². The smallest absolute Gasteiger partial charge is 0.170 e. The Bertz CT molecular complexity index is 456. The van der Waals surface area contributed by atoms with E-state index >= 15 is 0 Å². The van der Waals surface area contributed by atoms with Crippen LogP contribution >= 0.6 is 12.2 Å². The third kappa shape index (κ3) is 4.68. The highest BCUT2D eigenvalue weighted by molar-refractivity contribution is 7.80. The minimum Gasteiger partial charge on any atom is -0.361 e. The Morgan fingerprint density at radius 2 is 2.05 bits per heavy atom. The van der Waals surface area contributed by atoms with Crippen molar-refractivity contribution in [1.29, 1.82) is 0 Å². The molecule has 4 heteroatoms. The molecule has 1 fully saturated rings. The molecule has 1 aromatic rings. The predicted molar refractivity (Wildman–Crippen MR) is 95.0 cm³/mol. The topological polar surface area (TPSA) is 27.3 Å². The predicted octanol–water partition coefficient (Wildman–Crippen LogP) is 3.58. The zero-order valence-electron chi connectivity index (χ0n) is 13.4. The highest BCUT2D eigenvalue weighted by atomic mass is 32.1. The van der Waals surface area contributed by atoms with Crippen LogP contribution in [-0.2, 0) is 0 Å². The Morgan fingerprint density at radius 1 is 1.33 bits per heavy atom. The van der Waals surface area contributed by atoms with Crippen LogP contribution in [0.15, 0.2) is 24.3 Å². The lowest BCUT2D eigenvalue weighted by Crippen LogP contribution is -2.41. The van der Waals surface area contributed by atoms with Gasteiger partial charge in [0.2, 0.25) is 0 Å². The summed E-state index contributed by atoms with van der Waals surface area (Å²) in [5, 5.41) is 7.34. The Labute approximate surface area is 134 Å². The standard InChI is InChI=1S/C17H27N3S/c1-4-20-11-5-6-16(20)12-18-17(21)19-15-9-7-14(8-10-15)13(2)3/h7-10,13,16H,4-6,11-12H2,1-3H3,(H2,18,19,21)/t16-/m1/s1. The zero-order chi connectivity index (χ0) is 15.2. The maximum Gasteiger partial charge on any atom is 0.170 e. The number of likely N-dealkylation sites (N-methyl/N-ethyl adjacent to an activating group) is 1. The minimum atomic E-state index is 0.562. The number of nitrogens with zero attached hydrogens (tertiary/aromatic N) is 1. The van der Waals surface area contributed by atoms with Crippen molar-refractivity contribution in [3.05, 3.63) is 29.8 Å². The van der Waals surface area contributed by atoms with E-state index in [0.717, 1.165) is 23.9 Å². The third-order valence-electron chi connectivity index (χ3n) is 4.24. The number of thiocarbonyl (C=S) groups is 1. The summed E-state index contributed by atoms with van der Waals surface area (Å²) in [6.07, 6.45) is 2.57. The van der Waals surface area contributed by atoms with E-state index in [0.29, 0.717) is 12.0 Å². The van der Waals surface area contributed by atoms with Gasteiger partial charge in [0.1, 0.15) is 0 Å². The summed E-state index contributed by atoms with van der Waals surface area (Å²) in [6, 6.07) is 9.13. The van der Waals surface area contributed by atoms with Crippen LogP contribution in [0, 0.1) is 0 Å². The van der Waals surface area contributed by atoms with Crippen molar-refractivity contribution in [3.8, 4) is 0 Å². The van der Waals surface area contributed by atoms with Crippen LogP contribution in [0.5, 0.6) is 0 Å². The lowest BCUT2D eigenvalue weighted by Gasteiger charge is -2.23. The lowest BCUT2D eigenvalue weighted by molar-refractivity contribution is 0.267. The van der Waals surface area contributed by atoms with E-state index in [9.17, 15) is 0 Å². The minimum absolute atomic E-state index is 0.562. The molecule has 116 valence electrons. The molecule has 1 saturated heterocycles. The van der Waals surface area contributed by atoms with Gasteiger partial charge in [-0.1, -0.05) is 32.9 Å². The highest BCUT2D eigenvalue weighted by Gasteiger charge is 2.22. The van der Waals surface area contributed by atoms with Gasteiger partial charge in [0.15, 0.2) is 5.11 Å². The molecule has 0 unspecified atom stereocenters. The van der Waals surface area contributed by atoms with Crippen molar-refractivity contribution < 1.29 is 0 Å². The number of anilines is 1. The van der Waals surface area contributed by atoms with Crippen molar-refractivity contribution in [1.82, 2.24) is 10.2 Å². The van der Waals surface area contributed by atoms with E-state index in [1.54, 1.807) is 0 Å². The van der Waals surface area contributed by atoms with Gasteiger partial charge in [-0.15, -0.1) is 0 Å². The summed E-state index contributed by atoms with van der Waals surface area (Å²) >= 11 is 5.39. The summed E-state index contributed by atoms with van der Waals surface area (Å²) in [5.74, 6) is 0.562. The van der Waals surface area contributed by atoms with E-state index < -0.39 is 0 Å². The Morgan fingerprint density at radius 3 is 2.67 bits per heavy atom. The van der Waals surface area contributed by atoms with Gasteiger partial charge >= 0.3 is 0 Å². The van der Waals surface area contributed by atoms with E-state index in [4.69, 9.17) is 12.2 Å². The molecule has 3 nitrogen and oxygen atoms in total. The Balaban J connectivity index is 1.79. The van der Waals surface area contributed by atoms with Crippen LogP contribution in [0.3, 0.4) is 0 Å². The zero-order valence-corrected chi connectivity index (χ0v) is 14.2. The van der Waals surface area contributed by atoms with Crippen LogP contribution in [0.4, 0.5) is 5.69 Å². The summed E-state index contributed by atoms with van der Waals surface area (Å²) < 4.78 is 0. The fourth-order valence-corrected chi connectivity index (χ4v) is 3.08. The van der Waals surface area contributed by atoms with E-state index in [1.807, 2.05) is 0 Å². The molecule has 1 aromatic carbocycles. The largest absolute Gasteiger partial charge is 0.361 e. The molecule has 0 spiro atoms. The number of nitrogens with one attached hydrogen (secondary N) is 2. The second-order valence-electron chi connectivity index (χ2n) is 6.04. The molecule has 21 heavy (non-hydrogen) atoms. The van der Waals surface area contributed by atoms with Gasteiger partial charge in [-0.3, -0.25) is 4.90 Å². The van der Waals surface area contributed by atoms with Crippen molar-refractivity contribution in [2.45, 2.75) is 45.6 Å². The molecule has 2 N–H and O–H groups in total. The molecule has 2 rings (SSSR count). The van der Waals surface area contributed by atoms with Gasteiger partial charge in [-0.2, -0.15) is 0 Å². The first-order chi connectivity index (χ1) is 10.1. The van der Waals surface area contributed by atoms with Gasteiger partial charge in [0, 0.05) is 18.3 Å². The highest BCUT2D eigenvalue weighted by Crippen LogP contribution is 2.17. The number of hydrogen-bond donors (Lipinski definition) is 2. The molecule has 1 aliphatic heterocycles. The van der Waals surface area contributed by atoms with Crippen molar-refractivity contribution in [2.24, 2.45) is 0 Å². The summed E-state index contributed by atoms with van der Waals surface area (Å²) in [4.78, 5) is 2.52.